The molecule has 0 aliphatic carbocycles. The fourth-order valence-electron chi connectivity index (χ4n) is 2.35. The second kappa shape index (κ2) is 6.54. The van der Waals surface area contributed by atoms with Crippen LogP contribution in [0.3, 0.4) is 0 Å². The Bertz CT molecular complexity index is 363. The van der Waals surface area contributed by atoms with Gasteiger partial charge in [-0.15, -0.1) is 0 Å². The van der Waals surface area contributed by atoms with E-state index >= 15 is 0 Å². The van der Waals surface area contributed by atoms with E-state index in [0.717, 1.165) is 32.6 Å². The van der Waals surface area contributed by atoms with Crippen molar-refractivity contribution < 1.29 is 4.79 Å². The van der Waals surface area contributed by atoms with Crippen LogP contribution in [0.15, 0.2) is 18.5 Å². The van der Waals surface area contributed by atoms with E-state index in [4.69, 9.17) is 0 Å². The van der Waals surface area contributed by atoms with Gasteiger partial charge in [0.2, 0.25) is 5.91 Å². The van der Waals surface area contributed by atoms with Gasteiger partial charge in [-0.05, 0) is 24.8 Å². The lowest BCUT2D eigenvalue weighted by Crippen LogP contribution is -2.43. The van der Waals surface area contributed by atoms with Gasteiger partial charge in [-0.2, -0.15) is 5.10 Å². The van der Waals surface area contributed by atoms with Crippen molar-refractivity contribution in [1.29, 1.82) is 0 Å². The van der Waals surface area contributed by atoms with Crippen molar-refractivity contribution in [2.45, 2.75) is 26.3 Å². The van der Waals surface area contributed by atoms with Crippen molar-refractivity contribution in [3.8, 4) is 0 Å². The van der Waals surface area contributed by atoms with Crippen LogP contribution >= 0.6 is 0 Å². The van der Waals surface area contributed by atoms with E-state index in [9.17, 15) is 4.79 Å². The Morgan fingerprint density at radius 3 is 3.17 bits per heavy atom. The van der Waals surface area contributed by atoms with Crippen molar-refractivity contribution in [2.75, 3.05) is 26.2 Å². The molecular formula is C13H22N4O. The maximum absolute atomic E-state index is 11.9. The average molecular weight is 250 g/mol. The first-order valence-electron chi connectivity index (χ1n) is 6.71. The quantitative estimate of drug-likeness (QED) is 0.784. The van der Waals surface area contributed by atoms with Crippen LogP contribution < -0.4 is 5.32 Å². The molecule has 1 saturated heterocycles. The highest BCUT2D eigenvalue weighted by Crippen LogP contribution is 2.14. The molecule has 2 rings (SSSR count). The van der Waals surface area contributed by atoms with Crippen LogP contribution in [-0.2, 0) is 11.3 Å². The van der Waals surface area contributed by atoms with Gasteiger partial charge >= 0.3 is 0 Å². The Morgan fingerprint density at radius 2 is 2.44 bits per heavy atom. The first-order chi connectivity index (χ1) is 8.75. The number of nitrogens with one attached hydrogen (secondary N) is 1. The number of amides is 1. The van der Waals surface area contributed by atoms with Gasteiger partial charge in [0, 0.05) is 32.0 Å². The molecule has 1 aromatic rings. The molecule has 0 saturated carbocycles. The number of carbonyl (C=O) groups is 1. The Balaban J connectivity index is 1.62. The van der Waals surface area contributed by atoms with E-state index in [0.29, 0.717) is 12.5 Å². The third-order valence-corrected chi connectivity index (χ3v) is 3.36. The molecule has 5 heteroatoms. The normalized spacial score (nSPS) is 20.1. The zero-order valence-electron chi connectivity index (χ0n) is 11.0. The lowest BCUT2D eigenvalue weighted by atomic mass is 10.0. The van der Waals surface area contributed by atoms with Crippen molar-refractivity contribution in [3.05, 3.63) is 18.5 Å². The third-order valence-electron chi connectivity index (χ3n) is 3.36. The number of rotatable bonds is 5. The minimum Gasteiger partial charge on any atom is -0.341 e. The van der Waals surface area contributed by atoms with Crippen molar-refractivity contribution in [3.63, 3.8) is 0 Å². The second-order valence-corrected chi connectivity index (χ2v) is 5.03. The highest BCUT2D eigenvalue weighted by Gasteiger charge is 2.20. The van der Waals surface area contributed by atoms with Crippen LogP contribution in [0.4, 0.5) is 0 Å². The van der Waals surface area contributed by atoms with Gasteiger partial charge in [0.05, 0.1) is 13.1 Å². The van der Waals surface area contributed by atoms with E-state index in [1.807, 2.05) is 21.8 Å². The van der Waals surface area contributed by atoms with Crippen LogP contribution in [-0.4, -0.2) is 46.8 Å². The van der Waals surface area contributed by atoms with Gasteiger partial charge in [-0.1, -0.05) is 6.92 Å². The minimum atomic E-state index is 0.224. The number of likely N-dealkylation sites (tertiary alicyclic amines) is 1. The van der Waals surface area contributed by atoms with Crippen LogP contribution in [0.25, 0.3) is 0 Å². The Kier molecular flexibility index (Phi) is 4.75. The van der Waals surface area contributed by atoms with Crippen LogP contribution in [0.5, 0.6) is 0 Å². The van der Waals surface area contributed by atoms with Crippen LogP contribution in [0, 0.1) is 5.92 Å². The van der Waals surface area contributed by atoms with Gasteiger partial charge in [-0.25, -0.2) is 0 Å². The molecule has 1 aliphatic rings. The van der Waals surface area contributed by atoms with E-state index in [2.05, 4.69) is 17.3 Å². The molecule has 18 heavy (non-hydrogen) atoms. The van der Waals surface area contributed by atoms with Crippen LogP contribution in [0.2, 0.25) is 0 Å². The lowest BCUT2D eigenvalue weighted by molar-refractivity contribution is -0.131. The minimum absolute atomic E-state index is 0.224. The second-order valence-electron chi connectivity index (χ2n) is 5.03. The fraction of sp³-hybridized carbons (Fsp3) is 0.692. The SMILES string of the molecule is C[C@H]1CCCN(C(=O)CNCCn2cccn2)C1. The molecular weight excluding hydrogens is 228 g/mol. The van der Waals surface area contributed by atoms with E-state index in [1.165, 1.54) is 6.42 Å². The monoisotopic (exact) mass is 250 g/mol. The number of hydrogen-bond donors (Lipinski definition) is 1. The van der Waals surface area contributed by atoms with E-state index in [1.54, 1.807) is 6.20 Å². The summed E-state index contributed by atoms with van der Waals surface area (Å²) < 4.78 is 1.86. The summed E-state index contributed by atoms with van der Waals surface area (Å²) in [6, 6.07) is 1.90. The Hall–Kier alpha value is -1.36. The number of aromatic nitrogens is 2. The van der Waals surface area contributed by atoms with Gasteiger partial charge in [0.25, 0.3) is 0 Å². The molecule has 0 unspecified atom stereocenters. The molecule has 1 atom stereocenters. The van der Waals surface area contributed by atoms with Crippen LogP contribution in [0.1, 0.15) is 19.8 Å². The van der Waals surface area contributed by atoms with E-state index in [-0.39, 0.29) is 5.91 Å². The Labute approximate surface area is 108 Å². The lowest BCUT2D eigenvalue weighted by Gasteiger charge is -2.31. The summed E-state index contributed by atoms with van der Waals surface area (Å²) in [6.45, 7) is 6.07. The fourth-order valence-corrected chi connectivity index (χ4v) is 2.35. The molecule has 1 N–H and O–H groups in total. The van der Waals surface area contributed by atoms with E-state index < -0.39 is 0 Å². The first-order valence-corrected chi connectivity index (χ1v) is 6.71. The summed E-state index contributed by atoms with van der Waals surface area (Å²) in [4.78, 5) is 13.9. The zero-order chi connectivity index (χ0) is 12.8. The molecule has 0 radical (unpaired) electrons. The standard InChI is InChI=1S/C13H22N4O/c1-12-4-2-7-16(11-12)13(18)10-14-6-9-17-8-3-5-15-17/h3,5,8,12,14H,2,4,6-7,9-11H2,1H3/t12-/m0/s1. The van der Waals surface area contributed by atoms with Gasteiger partial charge in [0.15, 0.2) is 0 Å². The third kappa shape index (κ3) is 3.84. The molecule has 0 bridgehead atoms. The van der Waals surface area contributed by atoms with Gasteiger partial charge in [-0.3, -0.25) is 9.48 Å². The van der Waals surface area contributed by atoms with Gasteiger partial charge in [0.1, 0.15) is 0 Å². The molecule has 2 heterocycles. The number of piperidine rings is 1. The van der Waals surface area contributed by atoms with Crippen molar-refractivity contribution in [2.24, 2.45) is 5.92 Å². The average Bonchev–Trinajstić information content (AvgIpc) is 2.87. The molecule has 0 aromatic carbocycles. The zero-order valence-corrected chi connectivity index (χ0v) is 11.0. The topological polar surface area (TPSA) is 50.2 Å². The van der Waals surface area contributed by atoms with Crippen molar-refractivity contribution >= 4 is 5.91 Å². The predicted molar refractivity (Wildman–Crippen MR) is 70.1 cm³/mol. The smallest absolute Gasteiger partial charge is 0.236 e. The highest BCUT2D eigenvalue weighted by molar-refractivity contribution is 5.78. The number of hydrogen-bond acceptors (Lipinski definition) is 3. The summed E-state index contributed by atoms with van der Waals surface area (Å²) in [5.41, 5.74) is 0. The molecule has 100 valence electrons. The van der Waals surface area contributed by atoms with Gasteiger partial charge < -0.3 is 10.2 Å². The summed E-state index contributed by atoms with van der Waals surface area (Å²) in [5.74, 6) is 0.869. The summed E-state index contributed by atoms with van der Waals surface area (Å²) in [5, 5.41) is 7.30. The largest absolute Gasteiger partial charge is 0.341 e. The molecule has 1 amide bonds. The highest BCUT2D eigenvalue weighted by atomic mass is 16.2. The Morgan fingerprint density at radius 1 is 1.56 bits per heavy atom. The molecule has 1 fully saturated rings. The summed E-state index contributed by atoms with van der Waals surface area (Å²) in [6.07, 6.45) is 6.08. The number of carbonyl (C=O) groups excluding carboxylic acids is 1. The maximum Gasteiger partial charge on any atom is 0.236 e. The first kappa shape index (κ1) is 13.1. The number of nitrogens with zero attached hydrogens (tertiary/aromatic N) is 3. The molecule has 1 aromatic heterocycles. The predicted octanol–water partition coefficient (Wildman–Crippen LogP) is 0.731. The van der Waals surface area contributed by atoms with Crippen molar-refractivity contribution in [1.82, 2.24) is 20.0 Å². The molecule has 1 aliphatic heterocycles. The maximum atomic E-state index is 11.9. The molecule has 0 spiro atoms. The molecule has 5 nitrogen and oxygen atoms in total. The summed E-state index contributed by atoms with van der Waals surface area (Å²) >= 11 is 0. The summed E-state index contributed by atoms with van der Waals surface area (Å²) in [7, 11) is 0.